The Hall–Kier alpha value is -0.980. The molecule has 0 radical (unpaired) electrons. The minimum atomic E-state index is -3.39. The van der Waals surface area contributed by atoms with Gasteiger partial charge in [0.25, 0.3) is 10.2 Å². The first-order chi connectivity index (χ1) is 9.03. The van der Waals surface area contributed by atoms with Crippen LogP contribution in [0.25, 0.3) is 0 Å². The molecule has 19 heavy (non-hydrogen) atoms. The summed E-state index contributed by atoms with van der Waals surface area (Å²) >= 11 is 0. The van der Waals surface area contributed by atoms with E-state index in [9.17, 15) is 8.42 Å². The van der Waals surface area contributed by atoms with Crippen molar-refractivity contribution in [3.8, 4) is 0 Å². The van der Waals surface area contributed by atoms with Crippen molar-refractivity contribution in [1.29, 1.82) is 0 Å². The van der Waals surface area contributed by atoms with Gasteiger partial charge in [0, 0.05) is 19.3 Å². The van der Waals surface area contributed by atoms with Gasteiger partial charge in [-0.15, -0.1) is 0 Å². The highest BCUT2D eigenvalue weighted by Crippen LogP contribution is 2.19. The molecule has 1 saturated heterocycles. The lowest BCUT2D eigenvalue weighted by molar-refractivity contribution is 0.449. The minimum Gasteiger partial charge on any atom is -0.260 e. The number of hydrogen-bond donors (Lipinski definition) is 1. The standard InChI is InChI=1S/C13H21N3O2S/c1-3-12(13-10-11(2)6-7-14-13)15-19(17,18)16-8-4-5-9-16/h6-7,10,12,15H,3-5,8-9H2,1-2H3/t12-/m0/s1. The first kappa shape index (κ1) is 14.4. The lowest BCUT2D eigenvalue weighted by atomic mass is 10.1. The molecule has 0 aliphatic carbocycles. The topological polar surface area (TPSA) is 62.3 Å². The maximum atomic E-state index is 12.2. The molecule has 1 aliphatic heterocycles. The Morgan fingerprint density at radius 3 is 2.68 bits per heavy atom. The average Bonchev–Trinajstić information content (AvgIpc) is 2.90. The Labute approximate surface area is 115 Å². The smallest absolute Gasteiger partial charge is 0.260 e. The monoisotopic (exact) mass is 283 g/mol. The Balaban J connectivity index is 2.15. The Kier molecular flexibility index (Phi) is 4.54. The molecular formula is C13H21N3O2S. The van der Waals surface area contributed by atoms with Crippen LogP contribution < -0.4 is 4.72 Å². The van der Waals surface area contributed by atoms with Crippen molar-refractivity contribution >= 4 is 10.2 Å². The molecule has 1 atom stereocenters. The van der Waals surface area contributed by atoms with E-state index in [-0.39, 0.29) is 6.04 Å². The fourth-order valence-corrected chi connectivity index (χ4v) is 3.82. The van der Waals surface area contributed by atoms with Crippen molar-refractivity contribution < 1.29 is 8.42 Å². The minimum absolute atomic E-state index is 0.259. The van der Waals surface area contributed by atoms with E-state index >= 15 is 0 Å². The predicted molar refractivity (Wildman–Crippen MR) is 74.9 cm³/mol. The molecule has 1 aromatic heterocycles. The van der Waals surface area contributed by atoms with Gasteiger partial charge in [0.1, 0.15) is 0 Å². The van der Waals surface area contributed by atoms with Crippen molar-refractivity contribution in [3.05, 3.63) is 29.6 Å². The van der Waals surface area contributed by atoms with E-state index in [0.717, 1.165) is 24.1 Å². The van der Waals surface area contributed by atoms with Crippen molar-refractivity contribution in [3.63, 3.8) is 0 Å². The second-order valence-electron chi connectivity index (χ2n) is 4.95. The van der Waals surface area contributed by atoms with Crippen LogP contribution in [0.5, 0.6) is 0 Å². The number of rotatable bonds is 5. The third kappa shape index (κ3) is 3.52. The van der Waals surface area contributed by atoms with Gasteiger partial charge >= 0.3 is 0 Å². The summed E-state index contributed by atoms with van der Waals surface area (Å²) in [5.41, 5.74) is 1.87. The second-order valence-corrected chi connectivity index (χ2v) is 6.65. The largest absolute Gasteiger partial charge is 0.280 e. The van der Waals surface area contributed by atoms with Gasteiger partial charge in [-0.2, -0.15) is 17.4 Å². The van der Waals surface area contributed by atoms with Crippen LogP contribution in [0.2, 0.25) is 0 Å². The highest BCUT2D eigenvalue weighted by Gasteiger charge is 2.28. The maximum Gasteiger partial charge on any atom is 0.280 e. The molecule has 1 N–H and O–H groups in total. The van der Waals surface area contributed by atoms with Crippen LogP contribution in [0.15, 0.2) is 18.3 Å². The van der Waals surface area contributed by atoms with Gasteiger partial charge in [-0.3, -0.25) is 4.98 Å². The van der Waals surface area contributed by atoms with Crippen LogP contribution in [0.3, 0.4) is 0 Å². The van der Waals surface area contributed by atoms with Gasteiger partial charge in [0.05, 0.1) is 11.7 Å². The van der Waals surface area contributed by atoms with Crippen LogP contribution in [-0.2, 0) is 10.2 Å². The molecule has 2 rings (SSSR count). The molecule has 1 aromatic rings. The maximum absolute atomic E-state index is 12.2. The molecule has 1 fully saturated rings. The number of nitrogens with zero attached hydrogens (tertiary/aromatic N) is 2. The summed E-state index contributed by atoms with van der Waals surface area (Å²) in [6.45, 7) is 5.17. The summed E-state index contributed by atoms with van der Waals surface area (Å²) in [6, 6.07) is 3.58. The molecular weight excluding hydrogens is 262 g/mol. The highest BCUT2D eigenvalue weighted by molar-refractivity contribution is 7.87. The molecule has 5 nitrogen and oxygen atoms in total. The third-order valence-electron chi connectivity index (χ3n) is 3.40. The quantitative estimate of drug-likeness (QED) is 0.896. The first-order valence-corrected chi connectivity index (χ1v) is 8.17. The summed E-state index contributed by atoms with van der Waals surface area (Å²) < 4.78 is 28.8. The van der Waals surface area contributed by atoms with E-state index in [2.05, 4.69) is 9.71 Å². The fourth-order valence-electron chi connectivity index (χ4n) is 2.29. The molecule has 2 heterocycles. The van der Waals surface area contributed by atoms with Gasteiger partial charge in [-0.1, -0.05) is 6.92 Å². The second kappa shape index (κ2) is 5.98. The molecule has 0 spiro atoms. The summed E-state index contributed by atoms with van der Waals surface area (Å²) in [7, 11) is -3.39. The number of pyridine rings is 1. The molecule has 106 valence electrons. The van der Waals surface area contributed by atoms with Gasteiger partial charge in [0.15, 0.2) is 0 Å². The van der Waals surface area contributed by atoms with Crippen LogP contribution in [0.4, 0.5) is 0 Å². The van der Waals surface area contributed by atoms with Crippen molar-refractivity contribution in [2.45, 2.75) is 39.2 Å². The van der Waals surface area contributed by atoms with E-state index in [1.165, 1.54) is 4.31 Å². The molecule has 0 bridgehead atoms. The summed E-state index contributed by atoms with van der Waals surface area (Å²) in [5.74, 6) is 0. The van der Waals surface area contributed by atoms with E-state index < -0.39 is 10.2 Å². The fraction of sp³-hybridized carbons (Fsp3) is 0.615. The van der Waals surface area contributed by atoms with Gasteiger partial charge in [-0.05, 0) is 43.9 Å². The zero-order chi connectivity index (χ0) is 13.9. The number of aromatic nitrogens is 1. The molecule has 0 amide bonds. The molecule has 0 unspecified atom stereocenters. The zero-order valence-electron chi connectivity index (χ0n) is 11.5. The first-order valence-electron chi connectivity index (χ1n) is 6.73. The average molecular weight is 283 g/mol. The van der Waals surface area contributed by atoms with Gasteiger partial charge in [0.2, 0.25) is 0 Å². The van der Waals surface area contributed by atoms with Gasteiger partial charge < -0.3 is 0 Å². The predicted octanol–water partition coefficient (Wildman–Crippen LogP) is 1.77. The van der Waals surface area contributed by atoms with E-state index in [1.54, 1.807) is 6.20 Å². The summed E-state index contributed by atoms with van der Waals surface area (Å²) in [4.78, 5) is 4.28. The SMILES string of the molecule is CC[C@H](NS(=O)(=O)N1CCCC1)c1cc(C)ccn1. The summed E-state index contributed by atoms with van der Waals surface area (Å²) in [6.07, 6.45) is 4.29. The van der Waals surface area contributed by atoms with Crippen LogP contribution in [0, 0.1) is 6.92 Å². The highest BCUT2D eigenvalue weighted by atomic mass is 32.2. The van der Waals surface area contributed by atoms with E-state index in [0.29, 0.717) is 19.5 Å². The Morgan fingerprint density at radius 2 is 2.11 bits per heavy atom. The molecule has 6 heteroatoms. The number of aryl methyl sites for hydroxylation is 1. The zero-order valence-corrected chi connectivity index (χ0v) is 12.3. The molecule has 1 aliphatic rings. The number of nitrogens with one attached hydrogen (secondary N) is 1. The molecule has 0 aromatic carbocycles. The molecule has 0 saturated carbocycles. The van der Waals surface area contributed by atoms with Crippen molar-refractivity contribution in [2.75, 3.05) is 13.1 Å². The van der Waals surface area contributed by atoms with E-state index in [1.807, 2.05) is 26.0 Å². The third-order valence-corrected chi connectivity index (χ3v) is 5.03. The van der Waals surface area contributed by atoms with Crippen LogP contribution in [-0.4, -0.2) is 30.8 Å². The van der Waals surface area contributed by atoms with Crippen LogP contribution >= 0.6 is 0 Å². The lowest BCUT2D eigenvalue weighted by Gasteiger charge is -2.21. The van der Waals surface area contributed by atoms with Crippen molar-refractivity contribution in [1.82, 2.24) is 14.0 Å². The van der Waals surface area contributed by atoms with Crippen LogP contribution in [0.1, 0.15) is 43.5 Å². The van der Waals surface area contributed by atoms with Crippen molar-refractivity contribution in [2.24, 2.45) is 0 Å². The Bertz CT molecular complexity index is 524. The van der Waals surface area contributed by atoms with Gasteiger partial charge in [-0.25, -0.2) is 0 Å². The van der Waals surface area contributed by atoms with E-state index in [4.69, 9.17) is 0 Å². The normalized spacial score (nSPS) is 18.6. The lowest BCUT2D eigenvalue weighted by Crippen LogP contribution is -2.40. The summed E-state index contributed by atoms with van der Waals surface area (Å²) in [5, 5.41) is 0. The number of hydrogen-bond acceptors (Lipinski definition) is 3. The Morgan fingerprint density at radius 1 is 1.42 bits per heavy atom.